The van der Waals surface area contributed by atoms with Gasteiger partial charge in [0.25, 0.3) is 0 Å². The number of nitrogens with zero attached hydrogens (tertiary/aromatic N) is 2. The molecule has 0 spiro atoms. The maximum absolute atomic E-state index is 12.2. The molecule has 1 heterocycles. The minimum absolute atomic E-state index is 0.235. The van der Waals surface area contributed by atoms with Gasteiger partial charge in [0, 0.05) is 13.6 Å². The smallest absolute Gasteiger partial charge is 0.328 e. The molecular weight excluding hydrogens is 220 g/mol. The summed E-state index contributed by atoms with van der Waals surface area (Å²) >= 11 is 0. The summed E-state index contributed by atoms with van der Waals surface area (Å²) in [6, 6.07) is -0.472. The van der Waals surface area contributed by atoms with Crippen LogP contribution in [0.25, 0.3) is 0 Å². The van der Waals surface area contributed by atoms with Gasteiger partial charge in [-0.3, -0.25) is 14.6 Å². The molecule has 1 atom stereocenters. The summed E-state index contributed by atoms with van der Waals surface area (Å²) in [6.07, 6.45) is 1.45. The Morgan fingerprint density at radius 2 is 1.94 bits per heavy atom. The fourth-order valence-corrected chi connectivity index (χ4v) is 2.36. The Bertz CT molecular complexity index is 337. The van der Waals surface area contributed by atoms with E-state index < -0.39 is 17.7 Å². The molecule has 0 aromatic heterocycles. The van der Waals surface area contributed by atoms with Crippen LogP contribution in [0, 0.1) is 5.41 Å². The average molecular weight is 240 g/mol. The molecule has 1 rings (SSSR count). The molecule has 0 bridgehead atoms. The summed E-state index contributed by atoms with van der Waals surface area (Å²) < 4.78 is 0. The van der Waals surface area contributed by atoms with E-state index in [1.807, 2.05) is 13.8 Å². The number of urea groups is 1. The van der Waals surface area contributed by atoms with E-state index in [1.54, 1.807) is 6.08 Å². The van der Waals surface area contributed by atoms with Gasteiger partial charge in [0.1, 0.15) is 6.23 Å². The second kappa shape index (κ2) is 4.87. The Hall–Kier alpha value is -1.36. The highest BCUT2D eigenvalue weighted by molar-refractivity contribution is 6.00. The minimum Gasteiger partial charge on any atom is -0.372 e. The third kappa shape index (κ3) is 1.84. The van der Waals surface area contributed by atoms with Crippen LogP contribution < -0.4 is 0 Å². The van der Waals surface area contributed by atoms with Gasteiger partial charge in [0.15, 0.2) is 0 Å². The van der Waals surface area contributed by atoms with Crippen molar-refractivity contribution in [1.82, 2.24) is 9.80 Å². The van der Waals surface area contributed by atoms with E-state index in [9.17, 15) is 14.7 Å². The van der Waals surface area contributed by atoms with Gasteiger partial charge in [-0.1, -0.05) is 19.9 Å². The van der Waals surface area contributed by atoms with Gasteiger partial charge in [-0.25, -0.2) is 4.79 Å². The largest absolute Gasteiger partial charge is 0.372 e. The zero-order chi connectivity index (χ0) is 13.2. The molecule has 3 amide bonds. The highest BCUT2D eigenvalue weighted by Crippen LogP contribution is 2.38. The third-order valence-electron chi connectivity index (χ3n) is 3.64. The van der Waals surface area contributed by atoms with E-state index in [4.69, 9.17) is 0 Å². The van der Waals surface area contributed by atoms with Crippen molar-refractivity contribution in [2.75, 3.05) is 13.6 Å². The number of carbonyl (C=O) groups is 2. The number of aliphatic hydroxyl groups is 1. The summed E-state index contributed by atoms with van der Waals surface area (Å²) in [7, 11) is 1.45. The van der Waals surface area contributed by atoms with E-state index in [2.05, 4.69) is 6.58 Å². The monoisotopic (exact) mass is 240 g/mol. The van der Waals surface area contributed by atoms with Gasteiger partial charge in [-0.15, -0.1) is 6.58 Å². The summed E-state index contributed by atoms with van der Waals surface area (Å²) in [5, 5.41) is 10.3. The highest BCUT2D eigenvalue weighted by Gasteiger charge is 2.53. The fraction of sp³-hybridized carbons (Fsp3) is 0.667. The molecule has 1 aliphatic rings. The van der Waals surface area contributed by atoms with Gasteiger partial charge >= 0.3 is 6.03 Å². The summed E-state index contributed by atoms with van der Waals surface area (Å²) in [5.74, 6) is -0.305. The zero-order valence-corrected chi connectivity index (χ0v) is 10.6. The second-order valence-corrected chi connectivity index (χ2v) is 4.32. The molecule has 1 fully saturated rings. The van der Waals surface area contributed by atoms with Crippen LogP contribution in [0.3, 0.4) is 0 Å². The first-order valence-corrected chi connectivity index (χ1v) is 5.84. The van der Waals surface area contributed by atoms with Crippen LogP contribution in [0.1, 0.15) is 26.7 Å². The lowest BCUT2D eigenvalue weighted by Crippen LogP contribution is -2.65. The molecule has 0 saturated carbocycles. The Morgan fingerprint density at radius 3 is 2.35 bits per heavy atom. The Kier molecular flexibility index (Phi) is 3.93. The van der Waals surface area contributed by atoms with Crippen molar-refractivity contribution in [3.8, 4) is 0 Å². The summed E-state index contributed by atoms with van der Waals surface area (Å²) in [6.45, 7) is 7.49. The normalized spacial score (nSPS) is 24.1. The maximum atomic E-state index is 12.2. The lowest BCUT2D eigenvalue weighted by atomic mass is 9.77. The first-order valence-electron chi connectivity index (χ1n) is 5.84. The molecule has 0 aromatic rings. The van der Waals surface area contributed by atoms with Crippen LogP contribution in [0.15, 0.2) is 12.7 Å². The van der Waals surface area contributed by atoms with Crippen molar-refractivity contribution in [3.05, 3.63) is 12.7 Å². The quantitative estimate of drug-likeness (QED) is 0.751. The van der Waals surface area contributed by atoms with Crippen LogP contribution in [0.2, 0.25) is 0 Å². The molecule has 96 valence electrons. The lowest BCUT2D eigenvalue weighted by Gasteiger charge is -2.47. The van der Waals surface area contributed by atoms with Crippen molar-refractivity contribution >= 4 is 11.9 Å². The molecule has 1 saturated heterocycles. The van der Waals surface area contributed by atoms with E-state index in [0.717, 1.165) is 4.90 Å². The van der Waals surface area contributed by atoms with Crippen LogP contribution >= 0.6 is 0 Å². The zero-order valence-electron chi connectivity index (χ0n) is 10.6. The molecule has 0 aliphatic carbocycles. The number of hydrogen-bond acceptors (Lipinski definition) is 3. The highest BCUT2D eigenvalue weighted by atomic mass is 16.3. The van der Waals surface area contributed by atoms with Crippen molar-refractivity contribution in [1.29, 1.82) is 0 Å². The van der Waals surface area contributed by atoms with E-state index >= 15 is 0 Å². The van der Waals surface area contributed by atoms with Crippen molar-refractivity contribution in [2.24, 2.45) is 5.41 Å². The lowest BCUT2D eigenvalue weighted by molar-refractivity contribution is -0.165. The van der Waals surface area contributed by atoms with Gasteiger partial charge in [0.2, 0.25) is 5.91 Å². The number of carbonyl (C=O) groups excluding carboxylic acids is 2. The standard InChI is InChI=1S/C12H20N2O3/c1-5-8-14-10(16)12(6-2,7-3)9(15)13(4)11(14)17/h5,10,16H,1,6-8H2,2-4H3. The SMILES string of the molecule is C=CCN1C(=O)N(C)C(=O)C(CC)(CC)C1O. The van der Waals surface area contributed by atoms with Gasteiger partial charge in [0.05, 0.1) is 5.41 Å². The van der Waals surface area contributed by atoms with Crippen LogP contribution in [0.4, 0.5) is 4.79 Å². The summed E-state index contributed by atoms with van der Waals surface area (Å²) in [5.41, 5.74) is -0.897. The van der Waals surface area contributed by atoms with Crippen LogP contribution in [-0.4, -0.2) is 46.7 Å². The molecule has 1 N–H and O–H groups in total. The van der Waals surface area contributed by atoms with Crippen molar-refractivity contribution in [3.63, 3.8) is 0 Å². The number of aliphatic hydroxyl groups excluding tert-OH is 1. The molecule has 17 heavy (non-hydrogen) atoms. The van der Waals surface area contributed by atoms with Crippen LogP contribution in [0.5, 0.6) is 0 Å². The predicted molar refractivity (Wildman–Crippen MR) is 64.1 cm³/mol. The third-order valence-corrected chi connectivity index (χ3v) is 3.64. The molecule has 1 unspecified atom stereocenters. The molecule has 1 aliphatic heterocycles. The molecule has 0 aromatic carbocycles. The number of imide groups is 1. The van der Waals surface area contributed by atoms with Gasteiger partial charge < -0.3 is 5.11 Å². The van der Waals surface area contributed by atoms with Gasteiger partial charge in [-0.05, 0) is 12.8 Å². The summed E-state index contributed by atoms with van der Waals surface area (Å²) in [4.78, 5) is 26.4. The Labute approximate surface area is 102 Å². The first-order chi connectivity index (χ1) is 7.96. The minimum atomic E-state index is -1.08. The van der Waals surface area contributed by atoms with Crippen molar-refractivity contribution < 1.29 is 14.7 Å². The molecule has 5 heteroatoms. The molecule has 5 nitrogen and oxygen atoms in total. The topological polar surface area (TPSA) is 60.9 Å². The van der Waals surface area contributed by atoms with Crippen LogP contribution in [-0.2, 0) is 4.79 Å². The fourth-order valence-electron chi connectivity index (χ4n) is 2.36. The van der Waals surface area contributed by atoms with E-state index in [-0.39, 0.29) is 12.5 Å². The maximum Gasteiger partial charge on any atom is 0.328 e. The number of amides is 3. The first kappa shape index (κ1) is 13.7. The van der Waals surface area contributed by atoms with Gasteiger partial charge in [-0.2, -0.15) is 0 Å². The molecule has 0 radical (unpaired) electrons. The van der Waals surface area contributed by atoms with Crippen molar-refractivity contribution in [2.45, 2.75) is 32.9 Å². The van der Waals surface area contributed by atoms with E-state index in [1.165, 1.54) is 11.9 Å². The second-order valence-electron chi connectivity index (χ2n) is 4.32. The van der Waals surface area contributed by atoms with E-state index in [0.29, 0.717) is 12.8 Å². The average Bonchev–Trinajstić information content (AvgIpc) is 2.34. The molecular formula is C12H20N2O3. The number of rotatable bonds is 4. The number of hydrogen-bond donors (Lipinski definition) is 1. The predicted octanol–water partition coefficient (Wildman–Crippen LogP) is 1.19. The Morgan fingerprint density at radius 1 is 1.41 bits per heavy atom. The Balaban J connectivity index is 3.19.